The van der Waals surface area contributed by atoms with Crippen molar-refractivity contribution in [3.05, 3.63) is 96.8 Å². The number of carbonyl (C=O) groups excluding carboxylic acids is 2. The van der Waals surface area contributed by atoms with E-state index < -0.39 is 0 Å². The molecule has 184 valence electrons. The van der Waals surface area contributed by atoms with Crippen molar-refractivity contribution < 1.29 is 18.7 Å². The predicted octanol–water partition coefficient (Wildman–Crippen LogP) is 7.26. The molecule has 0 fully saturated rings. The number of nitrogens with one attached hydrogen (secondary N) is 2. The molecular formula is C31H26N2O4. The molecule has 0 spiro atoms. The van der Waals surface area contributed by atoms with Crippen molar-refractivity contribution in [3.8, 4) is 16.9 Å². The Morgan fingerprint density at radius 3 is 2.24 bits per heavy atom. The van der Waals surface area contributed by atoms with Crippen LogP contribution in [0.5, 0.6) is 5.75 Å². The first-order valence-corrected chi connectivity index (χ1v) is 11.9. The number of furan rings is 1. The van der Waals surface area contributed by atoms with Gasteiger partial charge in [-0.3, -0.25) is 9.59 Å². The molecule has 0 aliphatic rings. The number of hydrogen-bond donors (Lipinski definition) is 2. The summed E-state index contributed by atoms with van der Waals surface area (Å²) in [5, 5.41) is 8.83. The highest BCUT2D eigenvalue weighted by atomic mass is 16.5. The van der Waals surface area contributed by atoms with Crippen LogP contribution in [0.1, 0.15) is 19.4 Å². The minimum atomic E-state index is -0.270. The quantitative estimate of drug-likeness (QED) is 0.245. The molecule has 0 atom stereocenters. The Hall–Kier alpha value is -4.84. The van der Waals surface area contributed by atoms with E-state index in [2.05, 4.69) is 41.0 Å². The Bertz CT molecular complexity index is 1660. The van der Waals surface area contributed by atoms with Crippen LogP contribution in [0.2, 0.25) is 0 Å². The van der Waals surface area contributed by atoms with Crippen molar-refractivity contribution in [1.29, 1.82) is 0 Å². The molecule has 0 unspecified atom stereocenters. The number of allylic oxidation sites excluding steroid dienone is 1. The molecule has 6 nitrogen and oxygen atoms in total. The van der Waals surface area contributed by atoms with Crippen molar-refractivity contribution >= 4 is 50.5 Å². The predicted molar refractivity (Wildman–Crippen MR) is 149 cm³/mol. The molecule has 2 amide bonds. The lowest BCUT2D eigenvalue weighted by Crippen LogP contribution is -2.09. The Balaban J connectivity index is 1.45. The van der Waals surface area contributed by atoms with Crippen molar-refractivity contribution in [2.24, 2.45) is 0 Å². The second kappa shape index (κ2) is 10.0. The normalized spacial score (nSPS) is 11.5. The van der Waals surface area contributed by atoms with Crippen molar-refractivity contribution in [1.82, 2.24) is 0 Å². The zero-order valence-electron chi connectivity index (χ0n) is 20.8. The molecule has 4 aromatic carbocycles. The first kappa shape index (κ1) is 23.9. The maximum absolute atomic E-state index is 12.8. The van der Waals surface area contributed by atoms with Gasteiger partial charge in [-0.05, 0) is 65.2 Å². The standard InChI is InChI=1S/C31H26N2O4/c1-19(14-31(35)33-25-12-10-24(11-13-25)32-20(2)34)26-16-27-28(18-37-30(27)17-29(26)36-3)23-9-8-21-6-4-5-7-22(21)15-23/h4-18H,1-3H3,(H,32,34)(H,33,35)/b19-14+. The number of fused-ring (bicyclic) bond motifs is 2. The van der Waals surface area contributed by atoms with Crippen LogP contribution in [0.3, 0.4) is 0 Å². The highest BCUT2D eigenvalue weighted by molar-refractivity contribution is 6.06. The number of carbonyl (C=O) groups is 2. The third kappa shape index (κ3) is 5.09. The molecule has 0 aliphatic heterocycles. The monoisotopic (exact) mass is 490 g/mol. The first-order chi connectivity index (χ1) is 17.9. The van der Waals surface area contributed by atoms with Crippen molar-refractivity contribution in [2.75, 3.05) is 17.7 Å². The van der Waals surface area contributed by atoms with Gasteiger partial charge in [-0.1, -0.05) is 36.4 Å². The van der Waals surface area contributed by atoms with Gasteiger partial charge in [0, 0.05) is 47.0 Å². The summed E-state index contributed by atoms with van der Waals surface area (Å²) in [4.78, 5) is 24.0. The molecule has 6 heteroatoms. The van der Waals surface area contributed by atoms with Gasteiger partial charge in [0.25, 0.3) is 0 Å². The van der Waals surface area contributed by atoms with E-state index in [4.69, 9.17) is 9.15 Å². The Labute approximate surface area is 214 Å². The maximum atomic E-state index is 12.8. The van der Waals surface area contributed by atoms with Crippen LogP contribution >= 0.6 is 0 Å². The fraction of sp³-hybridized carbons (Fsp3) is 0.0968. The van der Waals surface area contributed by atoms with Gasteiger partial charge in [0.15, 0.2) is 0 Å². The molecular weight excluding hydrogens is 464 g/mol. The zero-order chi connectivity index (χ0) is 25.9. The van der Waals surface area contributed by atoms with Gasteiger partial charge >= 0.3 is 0 Å². The molecule has 2 N–H and O–H groups in total. The van der Waals surface area contributed by atoms with Crippen LogP contribution in [-0.2, 0) is 9.59 Å². The van der Waals surface area contributed by atoms with Gasteiger partial charge in [-0.15, -0.1) is 0 Å². The van der Waals surface area contributed by atoms with Crippen LogP contribution in [0.4, 0.5) is 11.4 Å². The van der Waals surface area contributed by atoms with Gasteiger partial charge in [-0.25, -0.2) is 0 Å². The van der Waals surface area contributed by atoms with Gasteiger partial charge in [0.2, 0.25) is 11.8 Å². The lowest BCUT2D eigenvalue weighted by atomic mass is 9.97. The summed E-state index contributed by atoms with van der Waals surface area (Å²) in [6.45, 7) is 3.32. The Kier molecular flexibility index (Phi) is 6.47. The zero-order valence-corrected chi connectivity index (χ0v) is 20.8. The minimum Gasteiger partial charge on any atom is -0.496 e. The number of anilines is 2. The third-order valence-corrected chi connectivity index (χ3v) is 6.20. The molecule has 1 heterocycles. The number of benzene rings is 4. The second-order valence-corrected chi connectivity index (χ2v) is 8.84. The second-order valence-electron chi connectivity index (χ2n) is 8.84. The Morgan fingerprint density at radius 2 is 1.54 bits per heavy atom. The van der Waals surface area contributed by atoms with Crippen LogP contribution < -0.4 is 15.4 Å². The van der Waals surface area contributed by atoms with Crippen LogP contribution in [0.15, 0.2) is 95.6 Å². The highest BCUT2D eigenvalue weighted by Crippen LogP contribution is 2.38. The van der Waals surface area contributed by atoms with Crippen molar-refractivity contribution in [2.45, 2.75) is 13.8 Å². The summed E-state index contributed by atoms with van der Waals surface area (Å²) in [5.41, 5.74) is 5.57. The number of methoxy groups -OCH3 is 1. The Morgan fingerprint density at radius 1 is 0.838 bits per heavy atom. The summed E-state index contributed by atoms with van der Waals surface area (Å²) in [6.07, 6.45) is 3.30. The van der Waals surface area contributed by atoms with Crippen LogP contribution in [0, 0.1) is 0 Å². The first-order valence-electron chi connectivity index (χ1n) is 11.9. The topological polar surface area (TPSA) is 80.6 Å². The molecule has 0 bridgehead atoms. The summed E-state index contributed by atoms with van der Waals surface area (Å²) in [5.74, 6) is 0.199. The van der Waals surface area contributed by atoms with E-state index >= 15 is 0 Å². The van der Waals surface area contributed by atoms with E-state index in [-0.39, 0.29) is 11.8 Å². The summed E-state index contributed by atoms with van der Waals surface area (Å²) in [7, 11) is 1.60. The van der Waals surface area contributed by atoms with Crippen LogP contribution in [0.25, 0.3) is 38.4 Å². The number of amides is 2. The van der Waals surface area contributed by atoms with Crippen molar-refractivity contribution in [3.63, 3.8) is 0 Å². The molecule has 1 aromatic heterocycles. The van der Waals surface area contributed by atoms with E-state index in [1.807, 2.05) is 31.2 Å². The van der Waals surface area contributed by atoms with E-state index in [0.29, 0.717) is 22.7 Å². The molecule has 0 radical (unpaired) electrons. The minimum absolute atomic E-state index is 0.150. The van der Waals surface area contributed by atoms with E-state index in [1.54, 1.807) is 43.7 Å². The maximum Gasteiger partial charge on any atom is 0.248 e. The number of hydrogen-bond acceptors (Lipinski definition) is 4. The number of rotatable bonds is 6. The number of ether oxygens (including phenoxy) is 1. The van der Waals surface area contributed by atoms with E-state index in [0.717, 1.165) is 33.0 Å². The third-order valence-electron chi connectivity index (χ3n) is 6.20. The summed E-state index contributed by atoms with van der Waals surface area (Å²) >= 11 is 0. The van der Waals surface area contributed by atoms with Crippen LogP contribution in [-0.4, -0.2) is 18.9 Å². The van der Waals surface area contributed by atoms with Gasteiger partial charge in [-0.2, -0.15) is 0 Å². The molecule has 0 aliphatic carbocycles. The fourth-order valence-corrected chi connectivity index (χ4v) is 4.41. The average Bonchev–Trinajstić information content (AvgIpc) is 3.31. The molecule has 37 heavy (non-hydrogen) atoms. The molecule has 0 saturated heterocycles. The summed E-state index contributed by atoms with van der Waals surface area (Å²) in [6, 6.07) is 25.4. The van der Waals surface area contributed by atoms with Gasteiger partial charge in [0.05, 0.1) is 13.4 Å². The largest absolute Gasteiger partial charge is 0.496 e. The van der Waals surface area contributed by atoms with Gasteiger partial charge < -0.3 is 19.8 Å². The molecule has 5 rings (SSSR count). The lowest BCUT2D eigenvalue weighted by molar-refractivity contribution is -0.114. The smallest absolute Gasteiger partial charge is 0.248 e. The fourth-order valence-electron chi connectivity index (χ4n) is 4.41. The van der Waals surface area contributed by atoms with E-state index in [9.17, 15) is 9.59 Å². The summed E-state index contributed by atoms with van der Waals surface area (Å²) < 4.78 is 11.5. The molecule has 5 aromatic rings. The van der Waals surface area contributed by atoms with Gasteiger partial charge in [0.1, 0.15) is 11.3 Å². The van der Waals surface area contributed by atoms with E-state index in [1.165, 1.54) is 12.3 Å². The molecule has 0 saturated carbocycles. The lowest BCUT2D eigenvalue weighted by Gasteiger charge is -2.11. The SMILES string of the molecule is COc1cc2occ(-c3ccc4ccccc4c3)c2cc1/C(C)=C/C(=O)Nc1ccc(NC(C)=O)cc1. The highest BCUT2D eigenvalue weighted by Gasteiger charge is 2.15. The average molecular weight is 491 g/mol.